The van der Waals surface area contributed by atoms with Gasteiger partial charge in [-0.1, -0.05) is 22.6 Å². The van der Waals surface area contributed by atoms with E-state index in [1.165, 1.54) is 19.2 Å². The Labute approximate surface area is 199 Å². The van der Waals surface area contributed by atoms with E-state index in [-0.39, 0.29) is 17.0 Å². The van der Waals surface area contributed by atoms with Crippen molar-refractivity contribution in [1.82, 2.24) is 4.40 Å². The minimum atomic E-state index is -0.605. The van der Waals surface area contributed by atoms with Gasteiger partial charge in [0.1, 0.15) is 23.6 Å². The van der Waals surface area contributed by atoms with Crippen LogP contribution in [0.1, 0.15) is 32.0 Å². The Morgan fingerprint density at radius 1 is 1.12 bits per heavy atom. The summed E-state index contributed by atoms with van der Waals surface area (Å²) in [5.74, 6) is 0.235. The molecule has 0 amide bonds. The second-order valence-electron chi connectivity index (χ2n) is 6.87. The predicted octanol–water partition coefficient (Wildman–Crippen LogP) is 3.69. The Morgan fingerprint density at radius 2 is 1.91 bits per heavy atom. The topological polar surface area (TPSA) is 101 Å². The van der Waals surface area contributed by atoms with Gasteiger partial charge in [0.25, 0.3) is 0 Å². The van der Waals surface area contributed by atoms with E-state index in [4.69, 9.17) is 24.7 Å². The SMILES string of the molecule is COC(=O)c1cc(C(=O)c2c(C)c(OC)c3c(OCCOCCI)cccn23)ccc1N. The van der Waals surface area contributed by atoms with E-state index >= 15 is 0 Å². The fraction of sp³-hybridized carbons (Fsp3) is 0.304. The van der Waals surface area contributed by atoms with Crippen molar-refractivity contribution in [3.05, 3.63) is 58.9 Å². The number of fused-ring (bicyclic) bond motifs is 1. The number of carbonyl (C=O) groups is 2. The number of carbonyl (C=O) groups excluding carboxylic acids is 2. The van der Waals surface area contributed by atoms with E-state index in [9.17, 15) is 9.59 Å². The summed E-state index contributed by atoms with van der Waals surface area (Å²) in [4.78, 5) is 25.5. The smallest absolute Gasteiger partial charge is 0.339 e. The molecule has 0 saturated heterocycles. The lowest BCUT2D eigenvalue weighted by Gasteiger charge is -2.10. The highest BCUT2D eigenvalue weighted by Crippen LogP contribution is 2.37. The first kappa shape index (κ1) is 23.9. The number of anilines is 1. The molecule has 0 aliphatic heterocycles. The fourth-order valence-corrected chi connectivity index (χ4v) is 3.81. The van der Waals surface area contributed by atoms with Gasteiger partial charge in [-0.2, -0.15) is 0 Å². The van der Waals surface area contributed by atoms with Gasteiger partial charge in [-0.3, -0.25) is 4.79 Å². The average Bonchev–Trinajstić information content (AvgIpc) is 3.09. The van der Waals surface area contributed by atoms with Crippen LogP contribution in [0, 0.1) is 6.92 Å². The van der Waals surface area contributed by atoms with Crippen molar-refractivity contribution in [2.24, 2.45) is 0 Å². The number of alkyl halides is 1. The molecule has 0 saturated carbocycles. The number of nitrogens with zero attached hydrogens (tertiary/aromatic N) is 1. The van der Waals surface area contributed by atoms with Crippen molar-refractivity contribution in [1.29, 1.82) is 0 Å². The number of aromatic nitrogens is 1. The summed E-state index contributed by atoms with van der Waals surface area (Å²) >= 11 is 2.25. The third-order valence-electron chi connectivity index (χ3n) is 4.96. The number of ether oxygens (including phenoxy) is 4. The Balaban J connectivity index is 2.04. The van der Waals surface area contributed by atoms with Gasteiger partial charge in [0.2, 0.25) is 5.78 Å². The zero-order valence-electron chi connectivity index (χ0n) is 18.1. The molecule has 0 aliphatic rings. The van der Waals surface area contributed by atoms with Gasteiger partial charge in [0, 0.05) is 27.4 Å². The van der Waals surface area contributed by atoms with Gasteiger partial charge in [-0.15, -0.1) is 0 Å². The number of nitrogens with two attached hydrogens (primary N) is 1. The molecule has 3 rings (SSSR count). The Morgan fingerprint density at radius 3 is 2.59 bits per heavy atom. The molecule has 0 aliphatic carbocycles. The number of nitrogen functional groups attached to an aromatic ring is 1. The average molecular weight is 552 g/mol. The maximum Gasteiger partial charge on any atom is 0.339 e. The molecule has 0 bridgehead atoms. The number of hydrogen-bond donors (Lipinski definition) is 1. The number of esters is 1. The monoisotopic (exact) mass is 552 g/mol. The first-order valence-electron chi connectivity index (χ1n) is 9.91. The van der Waals surface area contributed by atoms with Gasteiger partial charge in [-0.05, 0) is 37.3 Å². The molecular weight excluding hydrogens is 527 g/mol. The van der Waals surface area contributed by atoms with Crippen LogP contribution >= 0.6 is 22.6 Å². The lowest BCUT2D eigenvalue weighted by atomic mass is 10.0. The maximum atomic E-state index is 13.5. The van der Waals surface area contributed by atoms with E-state index in [1.807, 2.05) is 13.0 Å². The Hall–Kier alpha value is -2.79. The van der Waals surface area contributed by atoms with Gasteiger partial charge in [0.15, 0.2) is 5.75 Å². The molecule has 2 aromatic heterocycles. The molecule has 8 nitrogen and oxygen atoms in total. The minimum Gasteiger partial charge on any atom is -0.494 e. The normalized spacial score (nSPS) is 10.9. The molecule has 0 radical (unpaired) electrons. The van der Waals surface area contributed by atoms with Crippen LogP contribution in [-0.2, 0) is 9.47 Å². The number of ketones is 1. The Kier molecular flexibility index (Phi) is 7.97. The molecule has 2 heterocycles. The zero-order chi connectivity index (χ0) is 23.3. The number of rotatable bonds is 10. The summed E-state index contributed by atoms with van der Waals surface area (Å²) in [7, 11) is 2.82. The number of hydrogen-bond acceptors (Lipinski definition) is 7. The van der Waals surface area contributed by atoms with Gasteiger partial charge >= 0.3 is 5.97 Å². The predicted molar refractivity (Wildman–Crippen MR) is 130 cm³/mol. The highest BCUT2D eigenvalue weighted by molar-refractivity contribution is 14.1. The van der Waals surface area contributed by atoms with Crippen molar-refractivity contribution < 1.29 is 28.5 Å². The van der Waals surface area contributed by atoms with Crippen molar-refractivity contribution in [3.63, 3.8) is 0 Å². The lowest BCUT2D eigenvalue weighted by molar-refractivity contribution is 0.0602. The van der Waals surface area contributed by atoms with Gasteiger partial charge in [-0.25, -0.2) is 4.79 Å². The molecule has 2 N–H and O–H groups in total. The molecule has 0 unspecified atom stereocenters. The van der Waals surface area contributed by atoms with Crippen LogP contribution in [0.15, 0.2) is 36.5 Å². The van der Waals surface area contributed by atoms with Crippen LogP contribution < -0.4 is 15.2 Å². The number of methoxy groups -OCH3 is 2. The molecule has 0 fully saturated rings. The minimum absolute atomic E-state index is 0.138. The van der Waals surface area contributed by atoms with Crippen molar-refractivity contribution >= 4 is 45.5 Å². The highest BCUT2D eigenvalue weighted by atomic mass is 127. The molecule has 3 aromatic rings. The molecule has 1 aromatic carbocycles. The van der Waals surface area contributed by atoms with Crippen LogP contribution in [0.3, 0.4) is 0 Å². The number of halogens is 1. The van der Waals surface area contributed by atoms with Crippen LogP contribution in [-0.4, -0.2) is 54.6 Å². The molecular formula is C23H25IN2O6. The van der Waals surface area contributed by atoms with E-state index in [0.29, 0.717) is 53.7 Å². The second-order valence-corrected chi connectivity index (χ2v) is 7.95. The quantitative estimate of drug-likeness (QED) is 0.102. The van der Waals surface area contributed by atoms with E-state index < -0.39 is 5.97 Å². The largest absolute Gasteiger partial charge is 0.494 e. The first-order valence-corrected chi connectivity index (χ1v) is 11.4. The molecule has 9 heteroatoms. The zero-order valence-corrected chi connectivity index (χ0v) is 20.3. The van der Waals surface area contributed by atoms with Crippen LogP contribution in [0.4, 0.5) is 5.69 Å². The summed E-state index contributed by atoms with van der Waals surface area (Å²) in [6.45, 7) is 3.30. The van der Waals surface area contributed by atoms with E-state index in [0.717, 1.165) is 4.43 Å². The summed E-state index contributed by atoms with van der Waals surface area (Å²) in [6, 6.07) is 8.17. The molecule has 0 atom stereocenters. The second kappa shape index (κ2) is 10.7. The summed E-state index contributed by atoms with van der Waals surface area (Å²) in [5.41, 5.74) is 8.28. The highest BCUT2D eigenvalue weighted by Gasteiger charge is 2.25. The van der Waals surface area contributed by atoms with Crippen molar-refractivity contribution in [2.45, 2.75) is 6.92 Å². The van der Waals surface area contributed by atoms with Crippen molar-refractivity contribution in [3.8, 4) is 11.5 Å². The summed E-state index contributed by atoms with van der Waals surface area (Å²) in [5, 5.41) is 0. The number of benzene rings is 1. The molecule has 0 spiro atoms. The molecule has 170 valence electrons. The van der Waals surface area contributed by atoms with E-state index in [1.54, 1.807) is 29.8 Å². The first-order chi connectivity index (χ1) is 15.4. The summed E-state index contributed by atoms with van der Waals surface area (Å²) in [6.07, 6.45) is 1.77. The van der Waals surface area contributed by atoms with Crippen LogP contribution in [0.25, 0.3) is 5.52 Å². The fourth-order valence-electron chi connectivity index (χ4n) is 3.50. The Bertz CT molecular complexity index is 1140. The summed E-state index contributed by atoms with van der Waals surface area (Å²) < 4.78 is 24.5. The lowest BCUT2D eigenvalue weighted by Crippen LogP contribution is -2.11. The third-order valence-corrected chi connectivity index (χ3v) is 5.40. The standard InChI is InChI=1S/C23H25IN2O6/c1-14-19(21(27)15-6-7-17(25)16(13-15)23(28)30-3)26-9-4-5-18(20(26)22(14)29-2)32-12-11-31-10-8-24/h4-7,9,13H,8,10-12,25H2,1-3H3. The van der Waals surface area contributed by atoms with Gasteiger partial charge < -0.3 is 29.1 Å². The van der Waals surface area contributed by atoms with Crippen LogP contribution in [0.2, 0.25) is 0 Å². The maximum absolute atomic E-state index is 13.5. The number of pyridine rings is 1. The van der Waals surface area contributed by atoms with Gasteiger partial charge in [0.05, 0.1) is 33.0 Å². The molecule has 32 heavy (non-hydrogen) atoms. The van der Waals surface area contributed by atoms with E-state index in [2.05, 4.69) is 22.6 Å². The third kappa shape index (κ3) is 4.68. The van der Waals surface area contributed by atoms with Crippen molar-refractivity contribution in [2.75, 3.05) is 44.2 Å². The van der Waals surface area contributed by atoms with Crippen LogP contribution in [0.5, 0.6) is 11.5 Å².